The van der Waals surface area contributed by atoms with Crippen LogP contribution in [0.5, 0.6) is 5.75 Å². The highest BCUT2D eigenvalue weighted by atomic mass is 16.5. The number of ether oxygens (including phenoxy) is 1. The number of nitrogens with zero attached hydrogens (tertiary/aromatic N) is 1. The van der Waals surface area contributed by atoms with Crippen molar-refractivity contribution in [2.24, 2.45) is 11.3 Å². The van der Waals surface area contributed by atoms with E-state index in [-0.39, 0.29) is 11.3 Å². The Labute approximate surface area is 145 Å². The molecule has 3 aliphatic rings. The number of hydrogen-bond donors (Lipinski definition) is 1. The zero-order valence-corrected chi connectivity index (χ0v) is 15.2. The monoisotopic (exact) mass is 330 g/mol. The third kappa shape index (κ3) is 4.73. The van der Waals surface area contributed by atoms with Crippen LogP contribution in [0.25, 0.3) is 0 Å². The number of amides is 1. The van der Waals surface area contributed by atoms with Crippen molar-refractivity contribution in [3.05, 3.63) is 29.8 Å². The van der Waals surface area contributed by atoms with E-state index in [4.69, 9.17) is 4.74 Å². The van der Waals surface area contributed by atoms with Crippen molar-refractivity contribution in [1.29, 1.82) is 0 Å². The summed E-state index contributed by atoms with van der Waals surface area (Å²) in [6, 6.07) is 8.25. The van der Waals surface area contributed by atoms with Gasteiger partial charge < -0.3 is 15.0 Å². The molecule has 0 unspecified atom stereocenters. The minimum Gasteiger partial charge on any atom is -0.493 e. The van der Waals surface area contributed by atoms with Crippen LogP contribution in [0, 0.1) is 11.3 Å². The second-order valence-electron chi connectivity index (χ2n) is 8.48. The summed E-state index contributed by atoms with van der Waals surface area (Å²) in [4.78, 5) is 14.8. The first-order valence-electron chi connectivity index (χ1n) is 9.12. The van der Waals surface area contributed by atoms with E-state index in [9.17, 15) is 4.79 Å². The minimum absolute atomic E-state index is 0.136. The van der Waals surface area contributed by atoms with Crippen LogP contribution in [0.2, 0.25) is 0 Å². The molecule has 1 atom stereocenters. The van der Waals surface area contributed by atoms with E-state index in [1.54, 1.807) is 0 Å². The van der Waals surface area contributed by atoms with Crippen LogP contribution in [0.4, 0.5) is 0 Å². The van der Waals surface area contributed by atoms with Gasteiger partial charge in [0.25, 0.3) is 0 Å². The first kappa shape index (κ1) is 17.3. The van der Waals surface area contributed by atoms with Crippen LogP contribution < -0.4 is 10.1 Å². The van der Waals surface area contributed by atoms with E-state index < -0.39 is 0 Å². The van der Waals surface area contributed by atoms with Crippen molar-refractivity contribution >= 4 is 5.91 Å². The normalized spacial score (nSPS) is 26.2. The first-order chi connectivity index (χ1) is 11.4. The van der Waals surface area contributed by atoms with Crippen molar-refractivity contribution < 1.29 is 9.53 Å². The highest BCUT2D eigenvalue weighted by molar-refractivity contribution is 5.79. The van der Waals surface area contributed by atoms with Gasteiger partial charge in [-0.15, -0.1) is 0 Å². The fourth-order valence-corrected chi connectivity index (χ4v) is 3.58. The molecule has 4 heteroatoms. The number of rotatable bonds is 5. The summed E-state index contributed by atoms with van der Waals surface area (Å²) in [6.07, 6.45) is 2.90. The van der Waals surface area contributed by atoms with E-state index in [0.29, 0.717) is 25.0 Å². The summed E-state index contributed by atoms with van der Waals surface area (Å²) in [5.74, 6) is 1.68. The van der Waals surface area contributed by atoms with Crippen molar-refractivity contribution in [2.45, 2.75) is 46.1 Å². The summed E-state index contributed by atoms with van der Waals surface area (Å²) < 4.78 is 5.78. The topological polar surface area (TPSA) is 41.6 Å². The maximum Gasteiger partial charge on any atom is 0.224 e. The van der Waals surface area contributed by atoms with Gasteiger partial charge in [-0.3, -0.25) is 4.79 Å². The molecule has 4 rings (SSSR count). The maximum atomic E-state index is 12.3. The molecule has 1 amide bonds. The quantitative estimate of drug-likeness (QED) is 0.902. The molecule has 0 aliphatic carbocycles. The van der Waals surface area contributed by atoms with Crippen LogP contribution in [0.3, 0.4) is 0 Å². The molecule has 1 aromatic rings. The highest BCUT2D eigenvalue weighted by Crippen LogP contribution is 2.27. The number of fused-ring (bicyclic) bond motifs is 3. The van der Waals surface area contributed by atoms with Crippen LogP contribution in [-0.2, 0) is 11.2 Å². The molecule has 3 aliphatic heterocycles. The van der Waals surface area contributed by atoms with Gasteiger partial charge in [-0.05, 0) is 55.0 Å². The number of carbonyl (C=O) groups excluding carboxylic acids is 1. The van der Waals surface area contributed by atoms with Crippen molar-refractivity contribution in [2.75, 3.05) is 26.2 Å². The average Bonchev–Trinajstić information content (AvgIpc) is 2.54. The van der Waals surface area contributed by atoms with Crippen molar-refractivity contribution in [1.82, 2.24) is 10.2 Å². The number of piperidine rings is 3. The van der Waals surface area contributed by atoms with Crippen LogP contribution in [-0.4, -0.2) is 43.1 Å². The van der Waals surface area contributed by atoms with Crippen LogP contribution in [0.15, 0.2) is 24.3 Å². The fourth-order valence-electron chi connectivity index (χ4n) is 3.58. The predicted molar refractivity (Wildman–Crippen MR) is 96.2 cm³/mol. The highest BCUT2D eigenvalue weighted by Gasteiger charge is 2.34. The molecule has 1 aromatic carbocycles. The second-order valence-corrected chi connectivity index (χ2v) is 8.48. The number of hydrogen-bond acceptors (Lipinski definition) is 3. The Morgan fingerprint density at radius 1 is 1.21 bits per heavy atom. The number of benzene rings is 1. The van der Waals surface area contributed by atoms with Gasteiger partial charge in [0.1, 0.15) is 5.75 Å². The van der Waals surface area contributed by atoms with Crippen LogP contribution >= 0.6 is 0 Å². The van der Waals surface area contributed by atoms with E-state index >= 15 is 0 Å². The fraction of sp³-hybridized carbons (Fsp3) is 0.650. The Bertz CT molecular complexity index is 554. The third-order valence-corrected chi connectivity index (χ3v) is 4.96. The average molecular weight is 330 g/mol. The Kier molecular flexibility index (Phi) is 5.14. The van der Waals surface area contributed by atoms with Gasteiger partial charge in [0.2, 0.25) is 5.91 Å². The van der Waals surface area contributed by atoms with E-state index in [2.05, 4.69) is 31.0 Å². The Hall–Kier alpha value is -1.55. The van der Waals surface area contributed by atoms with Gasteiger partial charge in [0.15, 0.2) is 0 Å². The van der Waals surface area contributed by atoms with E-state index in [1.165, 1.54) is 25.9 Å². The lowest BCUT2D eigenvalue weighted by Crippen LogP contribution is -2.57. The van der Waals surface area contributed by atoms with Gasteiger partial charge in [-0.2, -0.15) is 0 Å². The summed E-state index contributed by atoms with van der Waals surface area (Å²) in [5.41, 5.74) is 1.19. The molecule has 24 heavy (non-hydrogen) atoms. The smallest absolute Gasteiger partial charge is 0.224 e. The number of nitrogens with one attached hydrogen (secondary N) is 1. The molecule has 1 N–H and O–H groups in total. The van der Waals surface area contributed by atoms with Gasteiger partial charge in [0.05, 0.1) is 13.0 Å². The zero-order valence-electron chi connectivity index (χ0n) is 15.2. The van der Waals surface area contributed by atoms with Crippen LogP contribution in [0.1, 0.15) is 39.2 Å². The molecule has 2 bridgehead atoms. The zero-order chi connectivity index (χ0) is 17.2. The standard InChI is InChI=1S/C20H30N2O2/c1-20(2,3)14-24-17-6-4-15(5-7-17)12-19(23)21-18-13-22-10-8-16(18)9-11-22/h4-7,16,18H,8-14H2,1-3H3,(H,21,23)/t18-/m1/s1. The van der Waals surface area contributed by atoms with Gasteiger partial charge in [0, 0.05) is 12.6 Å². The third-order valence-electron chi connectivity index (χ3n) is 4.96. The van der Waals surface area contributed by atoms with Gasteiger partial charge in [-0.1, -0.05) is 32.9 Å². The molecular formula is C20H30N2O2. The Morgan fingerprint density at radius 3 is 2.42 bits per heavy atom. The molecule has 132 valence electrons. The van der Waals surface area contributed by atoms with Crippen molar-refractivity contribution in [3.63, 3.8) is 0 Å². The summed E-state index contributed by atoms with van der Waals surface area (Å²) >= 11 is 0. The molecule has 0 spiro atoms. The number of carbonyl (C=O) groups is 1. The second kappa shape index (κ2) is 7.14. The largest absolute Gasteiger partial charge is 0.493 e. The summed E-state index contributed by atoms with van der Waals surface area (Å²) in [6.45, 7) is 10.6. The Morgan fingerprint density at radius 2 is 1.88 bits per heavy atom. The molecule has 3 heterocycles. The molecule has 0 saturated carbocycles. The predicted octanol–water partition coefficient (Wildman–Crippen LogP) is 2.86. The molecule has 3 fully saturated rings. The van der Waals surface area contributed by atoms with Gasteiger partial charge >= 0.3 is 0 Å². The summed E-state index contributed by atoms with van der Waals surface area (Å²) in [7, 11) is 0. The van der Waals surface area contributed by atoms with E-state index in [1.807, 2.05) is 24.3 Å². The molecule has 3 saturated heterocycles. The van der Waals surface area contributed by atoms with Gasteiger partial charge in [-0.25, -0.2) is 0 Å². The molecular weight excluding hydrogens is 300 g/mol. The minimum atomic E-state index is 0.136. The molecule has 0 radical (unpaired) electrons. The lowest BCUT2D eigenvalue weighted by Gasteiger charge is -2.44. The van der Waals surface area contributed by atoms with E-state index in [0.717, 1.165) is 17.9 Å². The Balaban J connectivity index is 1.48. The first-order valence-corrected chi connectivity index (χ1v) is 9.12. The van der Waals surface area contributed by atoms with Crippen molar-refractivity contribution in [3.8, 4) is 5.75 Å². The lowest BCUT2D eigenvalue weighted by atomic mass is 9.84. The summed E-state index contributed by atoms with van der Waals surface area (Å²) in [5, 5.41) is 3.25. The molecule has 4 nitrogen and oxygen atoms in total. The maximum absolute atomic E-state index is 12.3. The lowest BCUT2D eigenvalue weighted by molar-refractivity contribution is -0.122. The SMILES string of the molecule is CC(C)(C)COc1ccc(CC(=O)N[C@@H]2CN3CCC2CC3)cc1. The molecule has 0 aromatic heterocycles.